The Kier molecular flexibility index (Phi) is 6.15. The summed E-state index contributed by atoms with van der Waals surface area (Å²) < 4.78 is 31.9. The number of hydrogen-bond donors (Lipinski definition) is 1. The summed E-state index contributed by atoms with van der Waals surface area (Å²) in [7, 11) is -2.41. The van der Waals surface area contributed by atoms with Crippen molar-refractivity contribution < 1.29 is 18.1 Å². The van der Waals surface area contributed by atoms with Gasteiger partial charge in [-0.15, -0.1) is 0 Å². The van der Waals surface area contributed by atoms with Crippen molar-refractivity contribution in [2.24, 2.45) is 5.92 Å². The summed E-state index contributed by atoms with van der Waals surface area (Å²) in [6, 6.07) is 12.4. The van der Waals surface area contributed by atoms with Crippen molar-refractivity contribution in [3.63, 3.8) is 0 Å². The largest absolute Gasteiger partial charge is 0.381 e. The highest BCUT2D eigenvalue weighted by Gasteiger charge is 2.24. The van der Waals surface area contributed by atoms with Crippen molar-refractivity contribution in [3.8, 4) is 0 Å². The molecule has 0 bridgehead atoms. The summed E-state index contributed by atoms with van der Waals surface area (Å²) in [4.78, 5) is 11.2. The fourth-order valence-electron chi connectivity index (χ4n) is 3.11. The lowest BCUT2D eigenvalue weighted by molar-refractivity contribution is -0.383. The minimum atomic E-state index is -3.80. The van der Waals surface area contributed by atoms with E-state index in [9.17, 15) is 18.5 Å². The van der Waals surface area contributed by atoms with Gasteiger partial charge < -0.3 is 10.1 Å². The van der Waals surface area contributed by atoms with E-state index in [0.717, 1.165) is 17.1 Å². The monoisotopic (exact) mass is 405 g/mol. The van der Waals surface area contributed by atoms with E-state index in [-0.39, 0.29) is 16.3 Å². The number of nitro benzene ring substituents is 1. The first kappa shape index (κ1) is 20.1. The highest BCUT2D eigenvalue weighted by molar-refractivity contribution is 7.92. The van der Waals surface area contributed by atoms with Gasteiger partial charge in [-0.1, -0.05) is 18.2 Å². The molecule has 150 valence electrons. The zero-order valence-corrected chi connectivity index (χ0v) is 16.4. The number of anilines is 2. The molecule has 0 saturated carbocycles. The van der Waals surface area contributed by atoms with Crippen molar-refractivity contribution in [2.45, 2.75) is 17.7 Å². The Bertz CT molecular complexity index is 928. The first-order valence-electron chi connectivity index (χ1n) is 9.03. The fraction of sp³-hybridized carbons (Fsp3) is 0.368. The van der Waals surface area contributed by atoms with Gasteiger partial charge >= 0.3 is 0 Å². The molecule has 2 aromatic rings. The number of benzene rings is 2. The molecule has 1 heterocycles. The number of rotatable bonds is 7. The Hall–Kier alpha value is -2.65. The van der Waals surface area contributed by atoms with Gasteiger partial charge in [0.05, 0.1) is 15.5 Å². The standard InChI is InChI=1S/C19H23N3O5S/c1-21(28(25,26)17-5-3-2-4-6-17)16-7-8-18(19(13-16)22(23)24)20-14-15-9-11-27-12-10-15/h2-8,13,15,20H,9-12,14H2,1H3. The molecule has 28 heavy (non-hydrogen) atoms. The Morgan fingerprint density at radius 3 is 2.50 bits per heavy atom. The summed E-state index contributed by atoms with van der Waals surface area (Å²) in [5.74, 6) is 0.397. The highest BCUT2D eigenvalue weighted by Crippen LogP contribution is 2.32. The fourth-order valence-corrected chi connectivity index (χ4v) is 4.32. The minimum absolute atomic E-state index is 0.127. The van der Waals surface area contributed by atoms with E-state index < -0.39 is 14.9 Å². The molecule has 0 atom stereocenters. The average Bonchev–Trinajstić information content (AvgIpc) is 2.73. The molecule has 0 spiro atoms. The molecular formula is C19H23N3O5S. The van der Waals surface area contributed by atoms with Crippen LogP contribution in [0.2, 0.25) is 0 Å². The number of nitro groups is 1. The Morgan fingerprint density at radius 1 is 1.18 bits per heavy atom. The molecule has 0 amide bonds. The maximum Gasteiger partial charge on any atom is 0.294 e. The van der Waals surface area contributed by atoms with E-state index >= 15 is 0 Å². The molecular weight excluding hydrogens is 382 g/mol. The van der Waals surface area contributed by atoms with Crippen LogP contribution in [0.4, 0.5) is 17.1 Å². The minimum Gasteiger partial charge on any atom is -0.381 e. The van der Waals surface area contributed by atoms with E-state index in [1.807, 2.05) is 0 Å². The lowest BCUT2D eigenvalue weighted by Crippen LogP contribution is -2.26. The van der Waals surface area contributed by atoms with E-state index in [0.29, 0.717) is 31.4 Å². The molecule has 8 nitrogen and oxygen atoms in total. The molecule has 1 aliphatic heterocycles. The summed E-state index contributed by atoms with van der Waals surface area (Å²) >= 11 is 0. The van der Waals surface area contributed by atoms with Crippen LogP contribution in [0.5, 0.6) is 0 Å². The summed E-state index contributed by atoms with van der Waals surface area (Å²) in [5.41, 5.74) is 0.456. The quantitative estimate of drug-likeness (QED) is 0.560. The zero-order valence-electron chi connectivity index (χ0n) is 15.6. The molecule has 1 fully saturated rings. The van der Waals surface area contributed by atoms with Gasteiger partial charge in [0.1, 0.15) is 5.69 Å². The number of sulfonamides is 1. The zero-order chi connectivity index (χ0) is 20.1. The van der Waals surface area contributed by atoms with Gasteiger partial charge in [0.15, 0.2) is 0 Å². The third-order valence-electron chi connectivity index (χ3n) is 4.87. The van der Waals surface area contributed by atoms with Crippen LogP contribution in [0.3, 0.4) is 0 Å². The van der Waals surface area contributed by atoms with Gasteiger partial charge in [0.25, 0.3) is 15.7 Å². The molecule has 1 N–H and O–H groups in total. The van der Waals surface area contributed by atoms with Crippen molar-refractivity contribution in [3.05, 3.63) is 58.6 Å². The van der Waals surface area contributed by atoms with Gasteiger partial charge in [-0.25, -0.2) is 8.42 Å². The second-order valence-corrected chi connectivity index (χ2v) is 8.65. The second kappa shape index (κ2) is 8.57. The molecule has 1 aliphatic rings. The maximum absolute atomic E-state index is 12.8. The molecule has 0 aliphatic carbocycles. The van der Waals surface area contributed by atoms with Gasteiger partial charge in [0.2, 0.25) is 0 Å². The number of ether oxygens (including phenoxy) is 1. The van der Waals surface area contributed by atoms with Gasteiger partial charge in [0, 0.05) is 32.9 Å². The van der Waals surface area contributed by atoms with E-state index in [1.54, 1.807) is 30.3 Å². The first-order chi connectivity index (χ1) is 13.4. The molecule has 9 heteroatoms. The number of nitrogens with one attached hydrogen (secondary N) is 1. The Morgan fingerprint density at radius 2 is 1.86 bits per heavy atom. The Balaban J connectivity index is 1.82. The molecule has 0 unspecified atom stereocenters. The first-order valence-corrected chi connectivity index (χ1v) is 10.5. The maximum atomic E-state index is 12.8. The Labute approximate surface area is 164 Å². The van der Waals surface area contributed by atoms with Crippen LogP contribution in [0.1, 0.15) is 12.8 Å². The highest BCUT2D eigenvalue weighted by atomic mass is 32.2. The van der Waals surface area contributed by atoms with Crippen molar-refractivity contribution in [1.82, 2.24) is 0 Å². The van der Waals surface area contributed by atoms with Gasteiger partial charge in [-0.05, 0) is 43.0 Å². The third-order valence-corrected chi connectivity index (χ3v) is 6.67. The topological polar surface area (TPSA) is 102 Å². The second-order valence-electron chi connectivity index (χ2n) is 6.68. The van der Waals surface area contributed by atoms with Crippen LogP contribution in [-0.4, -0.2) is 40.1 Å². The molecule has 0 radical (unpaired) electrons. The lowest BCUT2D eigenvalue weighted by Gasteiger charge is -2.23. The molecule has 1 saturated heterocycles. The van der Waals surface area contributed by atoms with E-state index in [2.05, 4.69) is 5.32 Å². The molecule has 3 rings (SSSR count). The predicted octanol–water partition coefficient (Wildman–Crippen LogP) is 3.26. The van der Waals surface area contributed by atoms with Crippen LogP contribution >= 0.6 is 0 Å². The lowest BCUT2D eigenvalue weighted by atomic mass is 10.0. The molecule has 0 aromatic heterocycles. The van der Waals surface area contributed by atoms with Gasteiger partial charge in [-0.2, -0.15) is 0 Å². The number of nitrogens with zero attached hydrogens (tertiary/aromatic N) is 2. The smallest absolute Gasteiger partial charge is 0.294 e. The van der Waals surface area contributed by atoms with E-state index in [1.165, 1.54) is 25.2 Å². The average molecular weight is 405 g/mol. The van der Waals surface area contributed by atoms with Crippen LogP contribution in [0.15, 0.2) is 53.4 Å². The van der Waals surface area contributed by atoms with Crippen molar-refractivity contribution in [1.29, 1.82) is 0 Å². The van der Waals surface area contributed by atoms with Crippen LogP contribution < -0.4 is 9.62 Å². The van der Waals surface area contributed by atoms with Crippen LogP contribution in [0, 0.1) is 16.0 Å². The number of hydrogen-bond acceptors (Lipinski definition) is 6. The predicted molar refractivity (Wildman–Crippen MR) is 107 cm³/mol. The normalized spacial score (nSPS) is 15.2. The van der Waals surface area contributed by atoms with Crippen molar-refractivity contribution in [2.75, 3.05) is 36.4 Å². The summed E-state index contributed by atoms with van der Waals surface area (Å²) in [5, 5.41) is 14.7. The summed E-state index contributed by atoms with van der Waals surface area (Å²) in [6.45, 7) is 2.02. The van der Waals surface area contributed by atoms with E-state index in [4.69, 9.17) is 4.74 Å². The van der Waals surface area contributed by atoms with Crippen molar-refractivity contribution >= 4 is 27.1 Å². The van der Waals surface area contributed by atoms with Gasteiger partial charge in [-0.3, -0.25) is 14.4 Å². The van der Waals surface area contributed by atoms with Crippen LogP contribution in [0.25, 0.3) is 0 Å². The SMILES string of the molecule is CN(c1ccc(NCC2CCOCC2)c([N+](=O)[O-])c1)S(=O)(=O)c1ccccc1. The summed E-state index contributed by atoms with van der Waals surface area (Å²) in [6.07, 6.45) is 1.83. The third kappa shape index (κ3) is 4.42. The van der Waals surface area contributed by atoms with Crippen LogP contribution in [-0.2, 0) is 14.8 Å². The molecule has 2 aromatic carbocycles.